The van der Waals surface area contributed by atoms with Gasteiger partial charge in [0.15, 0.2) is 0 Å². The molecular formula is C16H12Cl2OS. The van der Waals surface area contributed by atoms with Gasteiger partial charge in [-0.25, -0.2) is 0 Å². The van der Waals surface area contributed by atoms with Gasteiger partial charge < -0.3 is 5.11 Å². The maximum absolute atomic E-state index is 10.4. The maximum Gasteiger partial charge on any atom is 0.0845 e. The van der Waals surface area contributed by atoms with Crippen molar-refractivity contribution < 1.29 is 5.11 Å². The summed E-state index contributed by atoms with van der Waals surface area (Å²) in [6.07, 6.45) is -0.122. The molecule has 1 unspecified atom stereocenters. The minimum Gasteiger partial charge on any atom is -0.388 e. The SMILES string of the molecule is OC(Cc1csc2ccccc12)c1cc(Cl)ccc1Cl. The summed E-state index contributed by atoms with van der Waals surface area (Å²) in [6.45, 7) is 0. The summed E-state index contributed by atoms with van der Waals surface area (Å²) >= 11 is 13.8. The Balaban J connectivity index is 1.92. The molecule has 0 radical (unpaired) electrons. The fourth-order valence-electron chi connectivity index (χ4n) is 2.28. The zero-order chi connectivity index (χ0) is 14.1. The molecule has 0 spiro atoms. The summed E-state index contributed by atoms with van der Waals surface area (Å²) in [5.41, 5.74) is 1.81. The first-order chi connectivity index (χ1) is 9.65. The highest BCUT2D eigenvalue weighted by Gasteiger charge is 2.15. The minimum atomic E-state index is -0.654. The topological polar surface area (TPSA) is 20.2 Å². The second kappa shape index (κ2) is 5.74. The molecule has 102 valence electrons. The van der Waals surface area contributed by atoms with Crippen LogP contribution in [0.3, 0.4) is 0 Å². The first-order valence-corrected chi connectivity index (χ1v) is 7.87. The second-order valence-electron chi connectivity index (χ2n) is 4.64. The van der Waals surface area contributed by atoms with Crippen molar-refractivity contribution in [3.05, 3.63) is 69.0 Å². The summed E-state index contributed by atoms with van der Waals surface area (Å²) in [6, 6.07) is 13.4. The number of halogens is 2. The molecule has 1 aromatic heterocycles. The Kier molecular flexibility index (Phi) is 3.99. The molecule has 0 aliphatic rings. The Morgan fingerprint density at radius 3 is 2.75 bits per heavy atom. The predicted molar refractivity (Wildman–Crippen MR) is 87.0 cm³/mol. The molecule has 0 aliphatic carbocycles. The van der Waals surface area contributed by atoms with Crippen LogP contribution in [-0.2, 0) is 6.42 Å². The molecule has 0 amide bonds. The van der Waals surface area contributed by atoms with E-state index < -0.39 is 6.10 Å². The van der Waals surface area contributed by atoms with Crippen LogP contribution < -0.4 is 0 Å². The molecule has 4 heteroatoms. The van der Waals surface area contributed by atoms with E-state index in [1.54, 1.807) is 29.5 Å². The van der Waals surface area contributed by atoms with Gasteiger partial charge in [-0.3, -0.25) is 0 Å². The quantitative estimate of drug-likeness (QED) is 0.676. The predicted octanol–water partition coefficient (Wildman–Crippen LogP) is 5.48. The third-order valence-corrected chi connectivity index (χ3v) is 4.88. The van der Waals surface area contributed by atoms with Crippen LogP contribution in [-0.4, -0.2) is 5.11 Å². The normalized spacial score (nSPS) is 12.8. The lowest BCUT2D eigenvalue weighted by atomic mass is 10.0. The van der Waals surface area contributed by atoms with Crippen LogP contribution >= 0.6 is 34.5 Å². The van der Waals surface area contributed by atoms with E-state index >= 15 is 0 Å². The smallest absolute Gasteiger partial charge is 0.0845 e. The van der Waals surface area contributed by atoms with E-state index in [1.807, 2.05) is 12.1 Å². The van der Waals surface area contributed by atoms with E-state index in [-0.39, 0.29) is 0 Å². The number of rotatable bonds is 3. The van der Waals surface area contributed by atoms with Crippen molar-refractivity contribution in [2.24, 2.45) is 0 Å². The third kappa shape index (κ3) is 2.70. The molecule has 1 atom stereocenters. The summed E-state index contributed by atoms with van der Waals surface area (Å²) in [4.78, 5) is 0. The highest BCUT2D eigenvalue weighted by molar-refractivity contribution is 7.17. The van der Waals surface area contributed by atoms with Crippen molar-refractivity contribution in [3.63, 3.8) is 0 Å². The Labute approximate surface area is 131 Å². The van der Waals surface area contributed by atoms with E-state index in [1.165, 1.54) is 10.1 Å². The van der Waals surface area contributed by atoms with E-state index in [0.717, 1.165) is 5.56 Å². The molecule has 3 aromatic rings. The van der Waals surface area contributed by atoms with Gasteiger partial charge in [-0.1, -0.05) is 41.4 Å². The standard InChI is InChI=1S/C16H12Cl2OS/c17-11-5-6-14(18)13(8-11)15(19)7-10-9-20-16-4-2-1-3-12(10)16/h1-6,8-9,15,19H,7H2. The van der Waals surface area contributed by atoms with Gasteiger partial charge >= 0.3 is 0 Å². The molecule has 3 rings (SSSR count). The van der Waals surface area contributed by atoms with E-state index in [4.69, 9.17) is 23.2 Å². The zero-order valence-electron chi connectivity index (χ0n) is 10.5. The van der Waals surface area contributed by atoms with Gasteiger partial charge in [0.2, 0.25) is 0 Å². The Morgan fingerprint density at radius 2 is 1.90 bits per heavy atom. The van der Waals surface area contributed by atoms with Crippen molar-refractivity contribution in [1.82, 2.24) is 0 Å². The Morgan fingerprint density at radius 1 is 1.10 bits per heavy atom. The molecule has 0 saturated heterocycles. The van der Waals surface area contributed by atoms with Crippen LogP contribution in [0.25, 0.3) is 10.1 Å². The summed E-state index contributed by atoms with van der Waals surface area (Å²) in [5.74, 6) is 0. The molecule has 0 saturated carbocycles. The van der Waals surface area contributed by atoms with Gasteiger partial charge in [-0.2, -0.15) is 0 Å². The van der Waals surface area contributed by atoms with Crippen LogP contribution in [0.15, 0.2) is 47.8 Å². The lowest BCUT2D eigenvalue weighted by molar-refractivity contribution is 0.179. The average molecular weight is 323 g/mol. The fraction of sp³-hybridized carbons (Fsp3) is 0.125. The van der Waals surface area contributed by atoms with Crippen molar-refractivity contribution in [1.29, 1.82) is 0 Å². The van der Waals surface area contributed by atoms with Crippen LogP contribution in [0.2, 0.25) is 10.0 Å². The molecule has 1 N–H and O–H groups in total. The number of benzene rings is 2. The Bertz CT molecular complexity index is 751. The summed E-state index contributed by atoms with van der Waals surface area (Å²) in [7, 11) is 0. The van der Waals surface area contributed by atoms with Crippen molar-refractivity contribution >= 4 is 44.6 Å². The average Bonchev–Trinajstić information content (AvgIpc) is 2.85. The summed E-state index contributed by atoms with van der Waals surface area (Å²) < 4.78 is 1.23. The molecule has 1 heterocycles. The van der Waals surface area contributed by atoms with Gasteiger partial charge in [0.1, 0.15) is 0 Å². The van der Waals surface area contributed by atoms with Crippen molar-refractivity contribution in [2.75, 3.05) is 0 Å². The molecule has 0 aliphatic heterocycles. The van der Waals surface area contributed by atoms with Gasteiger partial charge in [-0.15, -0.1) is 11.3 Å². The van der Waals surface area contributed by atoms with Gasteiger partial charge in [-0.05, 0) is 40.6 Å². The van der Waals surface area contributed by atoms with Crippen molar-refractivity contribution in [2.45, 2.75) is 12.5 Å². The number of thiophene rings is 1. The molecule has 2 aromatic carbocycles. The lowest BCUT2D eigenvalue weighted by Crippen LogP contribution is -2.02. The summed E-state index contributed by atoms with van der Waals surface area (Å²) in [5, 5.41) is 14.8. The second-order valence-corrected chi connectivity index (χ2v) is 6.40. The zero-order valence-corrected chi connectivity index (χ0v) is 12.8. The van der Waals surface area contributed by atoms with Gasteiger partial charge in [0.05, 0.1) is 6.10 Å². The van der Waals surface area contributed by atoms with E-state index in [9.17, 15) is 5.11 Å². The monoisotopic (exact) mass is 322 g/mol. The molecule has 0 fully saturated rings. The lowest BCUT2D eigenvalue weighted by Gasteiger charge is -2.12. The largest absolute Gasteiger partial charge is 0.388 e. The number of fused-ring (bicyclic) bond motifs is 1. The van der Waals surface area contributed by atoms with Crippen LogP contribution in [0, 0.1) is 0 Å². The molecule has 20 heavy (non-hydrogen) atoms. The van der Waals surface area contributed by atoms with Gasteiger partial charge in [0.25, 0.3) is 0 Å². The van der Waals surface area contributed by atoms with Crippen LogP contribution in [0.4, 0.5) is 0 Å². The third-order valence-electron chi connectivity index (χ3n) is 3.29. The first kappa shape index (κ1) is 13.9. The van der Waals surface area contributed by atoms with Crippen LogP contribution in [0.5, 0.6) is 0 Å². The highest BCUT2D eigenvalue weighted by Crippen LogP contribution is 2.32. The van der Waals surface area contributed by atoms with Crippen molar-refractivity contribution in [3.8, 4) is 0 Å². The highest BCUT2D eigenvalue weighted by atomic mass is 35.5. The molecule has 1 nitrogen and oxygen atoms in total. The number of hydrogen-bond donors (Lipinski definition) is 1. The first-order valence-electron chi connectivity index (χ1n) is 6.23. The fourth-order valence-corrected chi connectivity index (χ4v) is 3.68. The van der Waals surface area contributed by atoms with E-state index in [0.29, 0.717) is 22.0 Å². The van der Waals surface area contributed by atoms with Crippen LogP contribution in [0.1, 0.15) is 17.2 Å². The van der Waals surface area contributed by atoms with E-state index in [2.05, 4.69) is 17.5 Å². The minimum absolute atomic E-state index is 0.532. The molecular weight excluding hydrogens is 311 g/mol. The maximum atomic E-state index is 10.4. The molecule has 0 bridgehead atoms. The number of aliphatic hydroxyl groups is 1. The Hall–Kier alpha value is -1.06. The number of hydrogen-bond acceptors (Lipinski definition) is 2. The van der Waals surface area contributed by atoms with Gasteiger partial charge in [0, 0.05) is 26.7 Å². The number of aliphatic hydroxyl groups excluding tert-OH is 1.